The van der Waals surface area contributed by atoms with E-state index in [4.69, 9.17) is 25.2 Å². The van der Waals surface area contributed by atoms with Gasteiger partial charge >= 0.3 is 0 Å². The lowest BCUT2D eigenvalue weighted by Crippen LogP contribution is -2.33. The number of amides is 1. The molecule has 0 aliphatic heterocycles. The molecule has 0 fully saturated rings. The fourth-order valence-corrected chi connectivity index (χ4v) is 4.51. The van der Waals surface area contributed by atoms with Crippen LogP contribution in [0.3, 0.4) is 0 Å². The third-order valence-corrected chi connectivity index (χ3v) is 6.44. The van der Waals surface area contributed by atoms with E-state index in [0.29, 0.717) is 44.9 Å². The lowest BCUT2D eigenvalue weighted by atomic mass is 10.1. The molecular weight excluding hydrogens is 466 g/mol. The summed E-state index contributed by atoms with van der Waals surface area (Å²) in [5, 5.41) is 3.11. The standard InChI is InChI=1S/C29H29N5O3/c1-18(13-14-19-9-5-4-6-10-19)31-29(35)25-26-28(33-22-12-8-7-11-21(22)32-26)34(27(25)30)20-15-16-23(36-2)24(17-20)37-3/h4-12,15-18H,13-14,30H2,1-3H3,(H,31,35)/t18-/m0/s1. The van der Waals surface area contributed by atoms with Gasteiger partial charge in [0.1, 0.15) is 16.9 Å². The van der Waals surface area contributed by atoms with Crippen LogP contribution in [-0.4, -0.2) is 40.7 Å². The Bertz CT molecular complexity index is 1580. The molecule has 2 aromatic heterocycles. The number of aromatic nitrogens is 3. The average molecular weight is 496 g/mol. The summed E-state index contributed by atoms with van der Waals surface area (Å²) in [5.41, 5.74) is 11.2. The molecule has 1 atom stereocenters. The van der Waals surface area contributed by atoms with E-state index in [0.717, 1.165) is 12.8 Å². The molecule has 188 valence electrons. The van der Waals surface area contributed by atoms with E-state index in [-0.39, 0.29) is 17.8 Å². The molecule has 0 unspecified atom stereocenters. The molecule has 0 saturated heterocycles. The molecule has 3 aromatic carbocycles. The number of anilines is 1. The number of ether oxygens (including phenoxy) is 2. The molecule has 0 saturated carbocycles. The molecular formula is C29H29N5O3. The van der Waals surface area contributed by atoms with Crippen molar-refractivity contribution in [3.05, 3.63) is 83.9 Å². The fourth-order valence-electron chi connectivity index (χ4n) is 4.51. The van der Waals surface area contributed by atoms with Gasteiger partial charge in [-0.2, -0.15) is 0 Å². The van der Waals surface area contributed by atoms with Crippen LogP contribution in [0.25, 0.3) is 27.9 Å². The summed E-state index contributed by atoms with van der Waals surface area (Å²) in [7, 11) is 3.15. The molecule has 1 amide bonds. The van der Waals surface area contributed by atoms with Gasteiger partial charge < -0.3 is 20.5 Å². The van der Waals surface area contributed by atoms with Crippen LogP contribution in [0.1, 0.15) is 29.3 Å². The smallest absolute Gasteiger partial charge is 0.257 e. The molecule has 3 N–H and O–H groups in total. The van der Waals surface area contributed by atoms with E-state index in [2.05, 4.69) is 17.4 Å². The number of nitrogen functional groups attached to an aromatic ring is 1. The van der Waals surface area contributed by atoms with Gasteiger partial charge in [-0.05, 0) is 49.6 Å². The lowest BCUT2D eigenvalue weighted by Gasteiger charge is -2.14. The van der Waals surface area contributed by atoms with Gasteiger partial charge in [0.15, 0.2) is 17.1 Å². The first-order chi connectivity index (χ1) is 18.0. The van der Waals surface area contributed by atoms with E-state index in [1.807, 2.05) is 55.5 Å². The number of hydrogen-bond acceptors (Lipinski definition) is 6. The number of fused-ring (bicyclic) bond motifs is 2. The summed E-state index contributed by atoms with van der Waals surface area (Å²) < 4.78 is 12.6. The highest BCUT2D eigenvalue weighted by molar-refractivity contribution is 6.11. The van der Waals surface area contributed by atoms with Crippen molar-refractivity contribution in [2.24, 2.45) is 0 Å². The van der Waals surface area contributed by atoms with Gasteiger partial charge in [0, 0.05) is 12.1 Å². The quantitative estimate of drug-likeness (QED) is 0.317. The van der Waals surface area contributed by atoms with Gasteiger partial charge in [0.25, 0.3) is 5.91 Å². The maximum atomic E-state index is 13.6. The molecule has 5 rings (SSSR count). The number of nitrogens with two attached hydrogens (primary N) is 1. The van der Waals surface area contributed by atoms with Crippen molar-refractivity contribution < 1.29 is 14.3 Å². The zero-order chi connectivity index (χ0) is 25.9. The van der Waals surface area contributed by atoms with Gasteiger partial charge in [-0.25, -0.2) is 9.97 Å². The predicted molar refractivity (Wildman–Crippen MR) is 146 cm³/mol. The molecule has 5 aromatic rings. The lowest BCUT2D eigenvalue weighted by molar-refractivity contribution is 0.0941. The zero-order valence-electron chi connectivity index (χ0n) is 21.1. The first-order valence-corrected chi connectivity index (χ1v) is 12.1. The maximum absolute atomic E-state index is 13.6. The van der Waals surface area contributed by atoms with Gasteiger partial charge in [0.05, 0.1) is 30.9 Å². The second-order valence-corrected chi connectivity index (χ2v) is 8.92. The Kier molecular flexibility index (Phi) is 6.64. The Morgan fingerprint density at radius 3 is 2.32 bits per heavy atom. The highest BCUT2D eigenvalue weighted by atomic mass is 16.5. The molecule has 37 heavy (non-hydrogen) atoms. The molecule has 0 spiro atoms. The monoisotopic (exact) mass is 495 g/mol. The summed E-state index contributed by atoms with van der Waals surface area (Å²) in [5.74, 6) is 1.09. The van der Waals surface area contributed by atoms with Crippen LogP contribution in [0.2, 0.25) is 0 Å². The topological polar surface area (TPSA) is 104 Å². The van der Waals surface area contributed by atoms with E-state index >= 15 is 0 Å². The Morgan fingerprint density at radius 2 is 1.62 bits per heavy atom. The van der Waals surface area contributed by atoms with Crippen molar-refractivity contribution in [1.29, 1.82) is 0 Å². The van der Waals surface area contributed by atoms with E-state index in [9.17, 15) is 4.79 Å². The third kappa shape index (κ3) is 4.65. The fraction of sp³-hybridized carbons (Fsp3) is 0.207. The summed E-state index contributed by atoms with van der Waals surface area (Å²) in [6.45, 7) is 1.99. The molecule has 8 heteroatoms. The van der Waals surface area contributed by atoms with Crippen LogP contribution in [0.5, 0.6) is 11.5 Å². The molecule has 2 heterocycles. The average Bonchev–Trinajstić information content (AvgIpc) is 3.21. The second kappa shape index (κ2) is 10.2. The molecule has 0 bridgehead atoms. The van der Waals surface area contributed by atoms with Gasteiger partial charge in [-0.3, -0.25) is 9.36 Å². The number of methoxy groups -OCH3 is 2. The van der Waals surface area contributed by atoms with Crippen LogP contribution in [-0.2, 0) is 6.42 Å². The Morgan fingerprint density at radius 1 is 0.946 bits per heavy atom. The van der Waals surface area contributed by atoms with Crippen molar-refractivity contribution in [1.82, 2.24) is 19.9 Å². The van der Waals surface area contributed by atoms with Gasteiger partial charge in [-0.1, -0.05) is 42.5 Å². The minimum absolute atomic E-state index is 0.0694. The first-order valence-electron chi connectivity index (χ1n) is 12.1. The molecule has 8 nitrogen and oxygen atoms in total. The van der Waals surface area contributed by atoms with Gasteiger partial charge in [0.2, 0.25) is 0 Å². The first kappa shape index (κ1) is 24.1. The number of nitrogens with zero attached hydrogens (tertiary/aromatic N) is 3. The van der Waals surface area contributed by atoms with Crippen LogP contribution < -0.4 is 20.5 Å². The minimum Gasteiger partial charge on any atom is -0.493 e. The van der Waals surface area contributed by atoms with Crippen molar-refractivity contribution in [2.45, 2.75) is 25.8 Å². The van der Waals surface area contributed by atoms with Crippen molar-refractivity contribution >= 4 is 33.9 Å². The van der Waals surface area contributed by atoms with Crippen LogP contribution >= 0.6 is 0 Å². The summed E-state index contributed by atoms with van der Waals surface area (Å²) >= 11 is 0. The Labute approximate surface area is 215 Å². The number of nitrogens with one attached hydrogen (secondary N) is 1. The van der Waals surface area contributed by atoms with Crippen LogP contribution in [0.15, 0.2) is 72.8 Å². The summed E-state index contributed by atoms with van der Waals surface area (Å²) in [6.07, 6.45) is 1.65. The Hall–Kier alpha value is -4.59. The van der Waals surface area contributed by atoms with Crippen LogP contribution in [0, 0.1) is 0 Å². The SMILES string of the molecule is COc1ccc(-n2c(N)c(C(=O)N[C@@H](C)CCc3ccccc3)c3nc4ccccc4nc32)cc1OC. The van der Waals surface area contributed by atoms with Crippen molar-refractivity contribution in [3.63, 3.8) is 0 Å². The zero-order valence-corrected chi connectivity index (χ0v) is 21.1. The Balaban J connectivity index is 1.57. The third-order valence-electron chi connectivity index (χ3n) is 6.44. The van der Waals surface area contributed by atoms with Gasteiger partial charge in [-0.15, -0.1) is 0 Å². The highest BCUT2D eigenvalue weighted by Crippen LogP contribution is 2.35. The van der Waals surface area contributed by atoms with Crippen molar-refractivity contribution in [3.8, 4) is 17.2 Å². The van der Waals surface area contributed by atoms with E-state index in [1.54, 1.807) is 30.9 Å². The highest BCUT2D eigenvalue weighted by Gasteiger charge is 2.26. The second-order valence-electron chi connectivity index (χ2n) is 8.92. The van der Waals surface area contributed by atoms with Crippen LogP contribution in [0.4, 0.5) is 5.82 Å². The molecule has 0 radical (unpaired) electrons. The normalized spacial score (nSPS) is 12.0. The number of para-hydroxylation sites is 2. The largest absolute Gasteiger partial charge is 0.493 e. The van der Waals surface area contributed by atoms with E-state index < -0.39 is 0 Å². The number of rotatable bonds is 8. The number of carbonyl (C=O) groups excluding carboxylic acids is 1. The molecule has 0 aliphatic rings. The maximum Gasteiger partial charge on any atom is 0.257 e. The minimum atomic E-state index is -0.285. The summed E-state index contributed by atoms with van der Waals surface area (Å²) in [4.78, 5) is 23.2. The van der Waals surface area contributed by atoms with Crippen molar-refractivity contribution in [2.75, 3.05) is 20.0 Å². The predicted octanol–water partition coefficient (Wildman–Crippen LogP) is 4.92. The summed E-state index contributed by atoms with van der Waals surface area (Å²) in [6, 6.07) is 23.1. The molecule has 0 aliphatic carbocycles. The number of aryl methyl sites for hydroxylation is 1. The number of benzene rings is 3. The number of carbonyl (C=O) groups is 1. The number of hydrogen-bond donors (Lipinski definition) is 2. The van der Waals surface area contributed by atoms with E-state index in [1.165, 1.54) is 5.56 Å².